The summed E-state index contributed by atoms with van der Waals surface area (Å²) < 4.78 is 52.5. The Kier molecular flexibility index (Phi) is 10.0. The van der Waals surface area contributed by atoms with Crippen molar-refractivity contribution in [1.29, 1.82) is 0 Å². The lowest BCUT2D eigenvalue weighted by Gasteiger charge is -2.25. The maximum atomic E-state index is 13.7. The lowest BCUT2D eigenvalue weighted by molar-refractivity contribution is 0.103. The van der Waals surface area contributed by atoms with Crippen molar-refractivity contribution in [3.63, 3.8) is 0 Å². The first kappa shape index (κ1) is 31.6. The zero-order valence-electron chi connectivity index (χ0n) is 23.4. The second kappa shape index (κ2) is 12.7. The van der Waals surface area contributed by atoms with Crippen molar-refractivity contribution < 1.29 is 26.9 Å². The summed E-state index contributed by atoms with van der Waals surface area (Å²) in [5.41, 5.74) is 2.02. The van der Waals surface area contributed by atoms with Gasteiger partial charge in [0.25, 0.3) is 5.56 Å². The van der Waals surface area contributed by atoms with E-state index in [0.717, 1.165) is 0 Å². The van der Waals surface area contributed by atoms with Gasteiger partial charge in [0.2, 0.25) is 0 Å². The Morgan fingerprint density at radius 3 is 2.30 bits per heavy atom. The molecule has 0 spiro atoms. The summed E-state index contributed by atoms with van der Waals surface area (Å²) in [6, 6.07) is 11.3. The molecule has 216 valence electrons. The Balaban J connectivity index is 2.32. The summed E-state index contributed by atoms with van der Waals surface area (Å²) in [5.74, 6) is -1.49. The van der Waals surface area contributed by atoms with E-state index >= 15 is 0 Å². The van der Waals surface area contributed by atoms with Crippen molar-refractivity contribution >= 4 is 26.4 Å². The number of hydrogen-bond acceptors (Lipinski definition) is 6. The molecule has 40 heavy (non-hydrogen) atoms. The molecule has 0 radical (unpaired) electrons. The molecule has 1 aromatic heterocycles. The van der Waals surface area contributed by atoms with Gasteiger partial charge in [0, 0.05) is 69.7 Å². The third-order valence-electron chi connectivity index (χ3n) is 6.76. The number of sulfone groups is 1. The van der Waals surface area contributed by atoms with Crippen LogP contribution in [-0.4, -0.2) is 50.9 Å². The van der Waals surface area contributed by atoms with Crippen molar-refractivity contribution in [2.75, 3.05) is 18.1 Å². The lowest BCUT2D eigenvalue weighted by atomic mass is 9.86. The molecule has 7 nitrogen and oxygen atoms in total. The third-order valence-corrected chi connectivity index (χ3v) is 10.5. The van der Waals surface area contributed by atoms with Gasteiger partial charge in [-0.2, -0.15) is 0 Å². The predicted octanol–water partition coefficient (Wildman–Crippen LogP) is 4.37. The van der Waals surface area contributed by atoms with Crippen molar-refractivity contribution in [3.8, 4) is 11.1 Å². The molecule has 0 unspecified atom stereocenters. The predicted molar refractivity (Wildman–Crippen MR) is 157 cm³/mol. The van der Waals surface area contributed by atoms with E-state index in [-0.39, 0.29) is 47.0 Å². The highest BCUT2D eigenvalue weighted by atomic mass is 32.2. The highest BCUT2D eigenvalue weighted by molar-refractivity contribution is 7.90. The fourth-order valence-corrected chi connectivity index (χ4v) is 6.44. The first-order chi connectivity index (χ1) is 18.7. The van der Waals surface area contributed by atoms with Crippen molar-refractivity contribution in [1.82, 2.24) is 4.57 Å². The van der Waals surface area contributed by atoms with E-state index in [0.29, 0.717) is 22.3 Å². The highest BCUT2D eigenvalue weighted by Crippen LogP contribution is 2.35. The highest BCUT2D eigenvalue weighted by Gasteiger charge is 2.28. The van der Waals surface area contributed by atoms with Gasteiger partial charge in [0.15, 0.2) is 15.6 Å². The topological polar surface area (TPSA) is 111 Å². The van der Waals surface area contributed by atoms with E-state index in [4.69, 9.17) is 0 Å². The van der Waals surface area contributed by atoms with Crippen LogP contribution >= 0.6 is 0 Å². The summed E-state index contributed by atoms with van der Waals surface area (Å²) in [5, 5.41) is 9.88. The number of carbonyl (C=O) groups is 1. The standard InChI is InChI=1S/C30H36FNO6S2/c1-6-40(37,38)19-20-7-12-24(29(35)21-8-10-23(31)11-9-21)26(15-20)27-17-32(5)28(34)16-25(27)22(13-14-33)18-39(36)30(2,3)4/h7-12,15-17,22,33H,6,13-14,18-19H2,1-5H3/t22-,39-/m1/s1. The maximum Gasteiger partial charge on any atom is 0.250 e. The van der Waals surface area contributed by atoms with E-state index < -0.39 is 42.9 Å². The van der Waals surface area contributed by atoms with Gasteiger partial charge < -0.3 is 9.67 Å². The van der Waals surface area contributed by atoms with Crippen LogP contribution in [0.4, 0.5) is 4.39 Å². The Bertz CT molecular complexity index is 1570. The Morgan fingerprint density at radius 2 is 1.73 bits per heavy atom. The molecule has 10 heteroatoms. The third kappa shape index (κ3) is 7.62. The molecule has 2 aromatic carbocycles. The van der Waals surface area contributed by atoms with Gasteiger partial charge in [-0.3, -0.25) is 13.8 Å². The molecule has 0 aliphatic rings. The van der Waals surface area contributed by atoms with Gasteiger partial charge in [-0.05, 0) is 80.1 Å². The SMILES string of the molecule is CCS(=O)(=O)Cc1ccc(C(=O)c2ccc(F)cc2)c(-c2cn(C)c(=O)cc2[C@H](CCO)C[S@@](=O)C(C)(C)C)c1. The molecule has 0 amide bonds. The van der Waals surface area contributed by atoms with Crippen molar-refractivity contribution in [2.24, 2.45) is 7.05 Å². The molecule has 1 N–H and O–H groups in total. The number of benzene rings is 2. The molecular weight excluding hydrogens is 553 g/mol. The fourth-order valence-electron chi connectivity index (χ4n) is 4.34. The first-order valence-corrected chi connectivity index (χ1v) is 16.1. The summed E-state index contributed by atoms with van der Waals surface area (Å²) in [4.78, 5) is 26.5. The number of aromatic nitrogens is 1. The van der Waals surface area contributed by atoms with Crippen LogP contribution in [-0.2, 0) is 33.4 Å². The minimum Gasteiger partial charge on any atom is -0.396 e. The molecule has 0 bridgehead atoms. The number of carbonyl (C=O) groups excluding carboxylic acids is 1. The van der Waals surface area contributed by atoms with Gasteiger partial charge in [-0.15, -0.1) is 0 Å². The molecular formula is C30H36FNO6S2. The summed E-state index contributed by atoms with van der Waals surface area (Å²) in [7, 11) is -3.15. The van der Waals surface area contributed by atoms with Gasteiger partial charge in [0.05, 0.1) is 5.75 Å². The van der Waals surface area contributed by atoms with Crippen LogP contribution in [0.25, 0.3) is 11.1 Å². The Hall–Kier alpha value is -2.95. The number of nitrogens with zero attached hydrogens (tertiary/aromatic N) is 1. The largest absolute Gasteiger partial charge is 0.396 e. The first-order valence-electron chi connectivity index (χ1n) is 13.0. The summed E-state index contributed by atoms with van der Waals surface area (Å²) >= 11 is 0. The zero-order chi connectivity index (χ0) is 29.8. The summed E-state index contributed by atoms with van der Waals surface area (Å²) in [6.45, 7) is 6.89. The van der Waals surface area contributed by atoms with Gasteiger partial charge in [-0.1, -0.05) is 19.1 Å². The summed E-state index contributed by atoms with van der Waals surface area (Å²) in [6.07, 6.45) is 1.81. The normalized spacial score (nSPS) is 13.7. The van der Waals surface area contributed by atoms with Crippen molar-refractivity contribution in [2.45, 2.75) is 50.5 Å². The monoisotopic (exact) mass is 589 g/mol. The number of rotatable bonds is 11. The molecule has 0 saturated carbocycles. The molecule has 0 saturated heterocycles. The molecule has 3 aromatic rings. The van der Waals surface area contributed by atoms with Crippen LogP contribution < -0.4 is 5.56 Å². The van der Waals surface area contributed by atoms with Gasteiger partial charge >= 0.3 is 0 Å². The van der Waals surface area contributed by atoms with Crippen LogP contribution in [0.3, 0.4) is 0 Å². The maximum absolute atomic E-state index is 13.7. The molecule has 0 aliphatic heterocycles. The molecule has 1 heterocycles. The number of aliphatic hydroxyl groups is 1. The number of aryl methyl sites for hydroxylation is 1. The molecule has 3 rings (SSSR count). The van der Waals surface area contributed by atoms with Crippen LogP contribution in [0.2, 0.25) is 0 Å². The van der Waals surface area contributed by atoms with Crippen molar-refractivity contribution in [3.05, 3.63) is 93.2 Å². The molecule has 0 aliphatic carbocycles. The molecule has 2 atom stereocenters. The fraction of sp³-hybridized carbons (Fsp3) is 0.400. The number of halogens is 1. The van der Waals surface area contributed by atoms with E-state index in [1.165, 1.54) is 34.9 Å². The van der Waals surface area contributed by atoms with E-state index in [1.807, 2.05) is 20.8 Å². The van der Waals surface area contributed by atoms with E-state index in [9.17, 15) is 31.7 Å². The van der Waals surface area contributed by atoms with Gasteiger partial charge in [0.1, 0.15) is 5.82 Å². The minimum absolute atomic E-state index is 0.0547. The van der Waals surface area contributed by atoms with Crippen LogP contribution in [0.5, 0.6) is 0 Å². The second-order valence-electron chi connectivity index (χ2n) is 10.8. The lowest BCUT2D eigenvalue weighted by Crippen LogP contribution is -2.28. The van der Waals surface area contributed by atoms with Gasteiger partial charge in [-0.25, -0.2) is 12.8 Å². The minimum atomic E-state index is -3.40. The van der Waals surface area contributed by atoms with Crippen LogP contribution in [0, 0.1) is 5.82 Å². The van der Waals surface area contributed by atoms with E-state index in [2.05, 4.69) is 0 Å². The average molecular weight is 590 g/mol. The Morgan fingerprint density at radius 1 is 1.07 bits per heavy atom. The number of hydrogen-bond donors (Lipinski definition) is 1. The zero-order valence-corrected chi connectivity index (χ0v) is 25.1. The quantitative estimate of drug-likeness (QED) is 0.333. The van der Waals surface area contributed by atoms with E-state index in [1.54, 1.807) is 38.4 Å². The van der Waals surface area contributed by atoms with Crippen LogP contribution in [0.1, 0.15) is 67.1 Å². The van der Waals surface area contributed by atoms with Crippen LogP contribution in [0.15, 0.2) is 59.5 Å². The number of aliphatic hydroxyl groups excluding tert-OH is 1. The average Bonchev–Trinajstić information content (AvgIpc) is 2.89. The number of pyridine rings is 1. The Labute approximate surface area is 237 Å². The second-order valence-corrected chi connectivity index (χ2v) is 15.4. The smallest absolute Gasteiger partial charge is 0.250 e. The molecule has 0 fully saturated rings. The number of ketones is 1.